The molecule has 0 aliphatic rings. The minimum atomic E-state index is -4.55. The lowest BCUT2D eigenvalue weighted by Crippen LogP contribution is -2.19. The molecule has 0 amide bonds. The van der Waals surface area contributed by atoms with Gasteiger partial charge in [0.25, 0.3) is 0 Å². The molecule has 1 aromatic rings. The smallest absolute Gasteiger partial charge is 0.399 e. The van der Waals surface area contributed by atoms with Crippen molar-refractivity contribution in [3.05, 3.63) is 29.3 Å². The van der Waals surface area contributed by atoms with E-state index in [0.29, 0.717) is 0 Å². The largest absolute Gasteiger partial charge is 0.416 e. The molecule has 2 unspecified atom stereocenters. The van der Waals surface area contributed by atoms with Crippen LogP contribution in [0.3, 0.4) is 0 Å². The van der Waals surface area contributed by atoms with E-state index in [-0.39, 0.29) is 23.6 Å². The van der Waals surface area contributed by atoms with E-state index in [1.165, 1.54) is 6.07 Å². The molecule has 0 radical (unpaired) electrons. The van der Waals surface area contributed by atoms with Crippen LogP contribution in [-0.2, 0) is 6.18 Å². The minimum Gasteiger partial charge on any atom is -0.399 e. The average Bonchev–Trinajstić information content (AvgIpc) is 2.26. The monoisotopic (exact) mass is 283 g/mol. The summed E-state index contributed by atoms with van der Waals surface area (Å²) in [5.41, 5.74) is 4.17. The first-order valence-electron chi connectivity index (χ1n) is 5.15. The number of benzene rings is 1. The standard InChI is InChI=1S/C11H13ClF3NO2/c12-2-1-9(17)10(18)6-3-7(11(13,14)15)5-8(16)4-6/h3-5,9-10,17-18H,1-2,16H2. The van der Waals surface area contributed by atoms with E-state index in [0.717, 1.165) is 12.1 Å². The summed E-state index contributed by atoms with van der Waals surface area (Å²) in [6, 6.07) is 2.72. The summed E-state index contributed by atoms with van der Waals surface area (Å²) in [5.74, 6) is 0.0900. The molecule has 2 atom stereocenters. The first-order chi connectivity index (χ1) is 8.25. The Bertz CT molecular complexity index is 412. The number of hydrogen-bond acceptors (Lipinski definition) is 3. The van der Waals surface area contributed by atoms with E-state index in [4.69, 9.17) is 17.3 Å². The second-order valence-electron chi connectivity index (χ2n) is 3.88. The maximum atomic E-state index is 12.5. The number of aliphatic hydroxyl groups is 2. The van der Waals surface area contributed by atoms with Gasteiger partial charge in [-0.1, -0.05) is 0 Å². The van der Waals surface area contributed by atoms with Gasteiger partial charge in [0.05, 0.1) is 11.7 Å². The Morgan fingerprint density at radius 1 is 1.22 bits per heavy atom. The topological polar surface area (TPSA) is 66.5 Å². The predicted molar refractivity (Wildman–Crippen MR) is 62.2 cm³/mol. The van der Waals surface area contributed by atoms with Crippen LogP contribution in [0.4, 0.5) is 18.9 Å². The van der Waals surface area contributed by atoms with E-state index in [1.54, 1.807) is 0 Å². The predicted octanol–water partition coefficient (Wildman–Crippen LogP) is 2.31. The highest BCUT2D eigenvalue weighted by Crippen LogP contribution is 2.33. The summed E-state index contributed by atoms with van der Waals surface area (Å²) in [6.07, 6.45) is -7.17. The lowest BCUT2D eigenvalue weighted by molar-refractivity contribution is -0.137. The number of anilines is 1. The van der Waals surface area contributed by atoms with Crippen LogP contribution in [0.1, 0.15) is 23.7 Å². The molecule has 4 N–H and O–H groups in total. The third-order valence-corrected chi connectivity index (χ3v) is 2.63. The second kappa shape index (κ2) is 5.77. The van der Waals surface area contributed by atoms with Gasteiger partial charge in [0.15, 0.2) is 0 Å². The van der Waals surface area contributed by atoms with Gasteiger partial charge in [-0.2, -0.15) is 13.2 Å². The van der Waals surface area contributed by atoms with Gasteiger partial charge in [0.2, 0.25) is 0 Å². The molecule has 0 aliphatic heterocycles. The highest BCUT2D eigenvalue weighted by Gasteiger charge is 2.32. The summed E-state index contributed by atoms with van der Waals surface area (Å²) in [4.78, 5) is 0. The average molecular weight is 284 g/mol. The molecular formula is C11H13ClF3NO2. The zero-order valence-electron chi connectivity index (χ0n) is 9.28. The Morgan fingerprint density at radius 3 is 2.33 bits per heavy atom. The molecule has 1 aromatic carbocycles. The fraction of sp³-hybridized carbons (Fsp3) is 0.455. The molecule has 7 heteroatoms. The van der Waals surface area contributed by atoms with E-state index < -0.39 is 23.9 Å². The van der Waals surface area contributed by atoms with E-state index in [9.17, 15) is 23.4 Å². The van der Waals surface area contributed by atoms with Crippen molar-refractivity contribution in [1.29, 1.82) is 0 Å². The minimum absolute atomic E-state index is 0.0683. The molecular weight excluding hydrogens is 271 g/mol. The van der Waals surface area contributed by atoms with Crippen LogP contribution in [0.2, 0.25) is 0 Å². The maximum absolute atomic E-state index is 12.5. The van der Waals surface area contributed by atoms with Crippen LogP contribution >= 0.6 is 11.6 Å². The summed E-state index contributed by atoms with van der Waals surface area (Å²) in [7, 11) is 0. The summed E-state index contributed by atoms with van der Waals surface area (Å²) < 4.78 is 37.6. The molecule has 0 fully saturated rings. The molecule has 0 spiro atoms. The SMILES string of the molecule is Nc1cc(C(O)C(O)CCCl)cc(C(F)(F)F)c1. The normalized spacial score (nSPS) is 15.4. The summed E-state index contributed by atoms with van der Waals surface area (Å²) in [5, 5.41) is 19.2. The Balaban J connectivity index is 3.06. The van der Waals surface area contributed by atoms with Crippen molar-refractivity contribution in [2.75, 3.05) is 11.6 Å². The fourth-order valence-corrected chi connectivity index (χ4v) is 1.73. The third-order valence-electron chi connectivity index (χ3n) is 2.42. The van der Waals surface area contributed by atoms with Crippen molar-refractivity contribution in [2.24, 2.45) is 0 Å². The third kappa shape index (κ3) is 3.76. The molecule has 18 heavy (non-hydrogen) atoms. The first-order valence-corrected chi connectivity index (χ1v) is 5.69. The first kappa shape index (κ1) is 15.1. The second-order valence-corrected chi connectivity index (χ2v) is 4.25. The number of nitrogens with two attached hydrogens (primary N) is 1. The molecule has 0 saturated heterocycles. The Labute approximate surface area is 107 Å². The van der Waals surface area contributed by atoms with Crippen LogP contribution in [0, 0.1) is 0 Å². The van der Waals surface area contributed by atoms with Gasteiger partial charge in [-0.3, -0.25) is 0 Å². The maximum Gasteiger partial charge on any atom is 0.416 e. The van der Waals surface area contributed by atoms with Crippen molar-refractivity contribution in [1.82, 2.24) is 0 Å². The van der Waals surface area contributed by atoms with Crippen LogP contribution in [-0.4, -0.2) is 22.2 Å². The van der Waals surface area contributed by atoms with Gasteiger partial charge < -0.3 is 15.9 Å². The van der Waals surface area contributed by atoms with E-state index >= 15 is 0 Å². The lowest BCUT2D eigenvalue weighted by Gasteiger charge is -2.19. The molecule has 1 rings (SSSR count). The number of nitrogen functional groups attached to an aromatic ring is 1. The number of alkyl halides is 4. The molecule has 0 aliphatic carbocycles. The number of rotatable bonds is 4. The molecule has 0 saturated carbocycles. The van der Waals surface area contributed by atoms with Gasteiger partial charge >= 0.3 is 6.18 Å². The van der Waals surface area contributed by atoms with Gasteiger partial charge in [0, 0.05) is 11.6 Å². The van der Waals surface area contributed by atoms with Gasteiger partial charge in [-0.25, -0.2) is 0 Å². The Morgan fingerprint density at radius 2 is 1.83 bits per heavy atom. The zero-order chi connectivity index (χ0) is 13.9. The lowest BCUT2D eigenvalue weighted by atomic mass is 9.99. The van der Waals surface area contributed by atoms with Crippen molar-refractivity contribution in [3.8, 4) is 0 Å². The summed E-state index contributed by atoms with van der Waals surface area (Å²) >= 11 is 5.39. The molecule has 3 nitrogen and oxygen atoms in total. The van der Waals surface area contributed by atoms with Gasteiger partial charge in [0.1, 0.15) is 6.10 Å². The van der Waals surface area contributed by atoms with Crippen LogP contribution in [0.15, 0.2) is 18.2 Å². The molecule has 0 aromatic heterocycles. The van der Waals surface area contributed by atoms with Crippen molar-refractivity contribution in [3.63, 3.8) is 0 Å². The van der Waals surface area contributed by atoms with E-state index in [1.807, 2.05) is 0 Å². The Kier molecular flexibility index (Phi) is 4.84. The van der Waals surface area contributed by atoms with Crippen LogP contribution in [0.5, 0.6) is 0 Å². The highest BCUT2D eigenvalue weighted by molar-refractivity contribution is 6.17. The van der Waals surface area contributed by atoms with Gasteiger partial charge in [-0.15, -0.1) is 11.6 Å². The van der Waals surface area contributed by atoms with Crippen LogP contribution in [0.25, 0.3) is 0 Å². The number of aliphatic hydroxyl groups excluding tert-OH is 2. The van der Waals surface area contributed by atoms with E-state index in [2.05, 4.69) is 0 Å². The highest BCUT2D eigenvalue weighted by atomic mass is 35.5. The Hall–Kier alpha value is -0.980. The zero-order valence-corrected chi connectivity index (χ0v) is 10.0. The number of hydrogen-bond donors (Lipinski definition) is 3. The van der Waals surface area contributed by atoms with Crippen molar-refractivity contribution < 1.29 is 23.4 Å². The molecule has 102 valence electrons. The molecule has 0 heterocycles. The van der Waals surface area contributed by atoms with Crippen LogP contribution < -0.4 is 5.73 Å². The van der Waals surface area contributed by atoms with Crippen molar-refractivity contribution >= 4 is 17.3 Å². The van der Waals surface area contributed by atoms with Crippen molar-refractivity contribution in [2.45, 2.75) is 24.8 Å². The fourth-order valence-electron chi connectivity index (χ4n) is 1.50. The van der Waals surface area contributed by atoms with Gasteiger partial charge in [-0.05, 0) is 30.2 Å². The summed E-state index contributed by atoms with van der Waals surface area (Å²) in [6.45, 7) is 0. The number of halogens is 4. The quantitative estimate of drug-likeness (QED) is 0.587. The molecule has 0 bridgehead atoms.